The van der Waals surface area contributed by atoms with Crippen LogP contribution in [0.25, 0.3) is 6.08 Å². The van der Waals surface area contributed by atoms with E-state index in [0.717, 1.165) is 0 Å². The Morgan fingerprint density at radius 1 is 1.00 bits per heavy atom. The van der Waals surface area contributed by atoms with Crippen LogP contribution in [0.2, 0.25) is 0 Å². The van der Waals surface area contributed by atoms with Crippen molar-refractivity contribution in [1.82, 2.24) is 10.6 Å². The minimum Gasteiger partial charge on any atom is -0.497 e. The van der Waals surface area contributed by atoms with Gasteiger partial charge in [-0.05, 0) is 42.8 Å². The zero-order valence-electron chi connectivity index (χ0n) is 16.4. The minimum atomic E-state index is -0.505. The van der Waals surface area contributed by atoms with Gasteiger partial charge in [0.25, 0.3) is 11.8 Å². The summed E-state index contributed by atoms with van der Waals surface area (Å²) in [5, 5.41) is 5.26. The number of amides is 2. The molecule has 2 rings (SSSR count). The summed E-state index contributed by atoms with van der Waals surface area (Å²) in [7, 11) is 1.56. The van der Waals surface area contributed by atoms with Crippen LogP contribution < -0.4 is 15.4 Å². The third-order valence-electron chi connectivity index (χ3n) is 3.88. The monoisotopic (exact) mass is 396 g/mol. The lowest BCUT2D eigenvalue weighted by Gasteiger charge is -2.11. The quantitative estimate of drug-likeness (QED) is 0.502. The molecule has 0 aliphatic carbocycles. The molecule has 0 atom stereocenters. The van der Waals surface area contributed by atoms with Gasteiger partial charge in [-0.15, -0.1) is 0 Å². The largest absolute Gasteiger partial charge is 0.497 e. The summed E-state index contributed by atoms with van der Waals surface area (Å²) in [6.07, 6.45) is 1.60. The van der Waals surface area contributed by atoms with E-state index < -0.39 is 17.8 Å². The van der Waals surface area contributed by atoms with Crippen molar-refractivity contribution in [3.63, 3.8) is 0 Å². The highest BCUT2D eigenvalue weighted by Gasteiger charge is 2.15. The van der Waals surface area contributed by atoms with Gasteiger partial charge in [0.05, 0.1) is 20.1 Å². The zero-order valence-corrected chi connectivity index (χ0v) is 16.4. The highest BCUT2D eigenvalue weighted by molar-refractivity contribution is 6.05. The molecule has 0 heterocycles. The second-order valence-electron chi connectivity index (χ2n) is 5.96. The average Bonchev–Trinajstić information content (AvgIpc) is 2.74. The van der Waals surface area contributed by atoms with Crippen LogP contribution in [0.15, 0.2) is 60.3 Å². The van der Waals surface area contributed by atoms with Gasteiger partial charge in [-0.25, -0.2) is 0 Å². The molecule has 2 aromatic rings. The fraction of sp³-hybridized carbons (Fsp3) is 0.227. The standard InChI is InChI=1S/C22H24N2O5/c1-3-29-20(25)13-14-23-22(27)19(15-16-9-11-18(28-2)12-10-16)24-21(26)17-7-5-4-6-8-17/h4-12,15H,3,13-14H2,1-2H3,(H,23,27)(H,24,26)/b19-15-. The van der Waals surface area contributed by atoms with Gasteiger partial charge >= 0.3 is 5.97 Å². The second kappa shape index (κ2) is 11.3. The molecular weight excluding hydrogens is 372 g/mol. The number of carbonyl (C=O) groups excluding carboxylic acids is 3. The molecule has 0 radical (unpaired) electrons. The van der Waals surface area contributed by atoms with Crippen molar-refractivity contribution in [3.05, 3.63) is 71.4 Å². The van der Waals surface area contributed by atoms with E-state index in [1.807, 2.05) is 0 Å². The Kier molecular flexibility index (Phi) is 8.44. The van der Waals surface area contributed by atoms with Gasteiger partial charge in [0.15, 0.2) is 0 Å². The zero-order chi connectivity index (χ0) is 21.1. The molecule has 7 nitrogen and oxygen atoms in total. The summed E-state index contributed by atoms with van der Waals surface area (Å²) in [5.74, 6) is -0.641. The molecule has 0 spiro atoms. The first kappa shape index (κ1) is 21.7. The van der Waals surface area contributed by atoms with Crippen molar-refractivity contribution in [2.45, 2.75) is 13.3 Å². The van der Waals surface area contributed by atoms with E-state index in [1.165, 1.54) is 0 Å². The summed E-state index contributed by atoms with van der Waals surface area (Å²) in [6.45, 7) is 2.09. The van der Waals surface area contributed by atoms with Gasteiger partial charge in [0, 0.05) is 12.1 Å². The number of hydrogen-bond donors (Lipinski definition) is 2. The van der Waals surface area contributed by atoms with Crippen LogP contribution in [0.3, 0.4) is 0 Å². The van der Waals surface area contributed by atoms with Crippen molar-refractivity contribution in [2.75, 3.05) is 20.3 Å². The van der Waals surface area contributed by atoms with E-state index in [4.69, 9.17) is 9.47 Å². The van der Waals surface area contributed by atoms with Crippen LogP contribution in [0.1, 0.15) is 29.3 Å². The normalized spacial score (nSPS) is 10.8. The Morgan fingerprint density at radius 3 is 2.31 bits per heavy atom. The lowest BCUT2D eigenvalue weighted by Crippen LogP contribution is -2.35. The maximum Gasteiger partial charge on any atom is 0.307 e. The maximum absolute atomic E-state index is 12.6. The van der Waals surface area contributed by atoms with E-state index in [1.54, 1.807) is 74.7 Å². The summed E-state index contributed by atoms with van der Waals surface area (Å²) in [4.78, 5) is 36.5. The van der Waals surface area contributed by atoms with Gasteiger partial charge in [0.1, 0.15) is 11.4 Å². The molecule has 0 unspecified atom stereocenters. The fourth-order valence-corrected chi connectivity index (χ4v) is 2.42. The predicted octanol–water partition coefficient (Wildman–Crippen LogP) is 2.54. The van der Waals surface area contributed by atoms with Crippen LogP contribution >= 0.6 is 0 Å². The second-order valence-corrected chi connectivity index (χ2v) is 5.96. The van der Waals surface area contributed by atoms with Crippen molar-refractivity contribution >= 4 is 23.9 Å². The van der Waals surface area contributed by atoms with Crippen LogP contribution in [0, 0.1) is 0 Å². The van der Waals surface area contributed by atoms with Gasteiger partial charge in [0.2, 0.25) is 0 Å². The third kappa shape index (κ3) is 7.14. The molecule has 152 valence electrons. The number of carbonyl (C=O) groups is 3. The summed E-state index contributed by atoms with van der Waals surface area (Å²) in [6, 6.07) is 15.6. The van der Waals surface area contributed by atoms with Crippen molar-refractivity contribution in [3.8, 4) is 5.75 Å². The van der Waals surface area contributed by atoms with E-state index in [-0.39, 0.29) is 25.3 Å². The number of hydrogen-bond acceptors (Lipinski definition) is 5. The van der Waals surface area contributed by atoms with E-state index in [0.29, 0.717) is 16.9 Å². The molecule has 2 amide bonds. The van der Waals surface area contributed by atoms with Crippen LogP contribution in [0.4, 0.5) is 0 Å². The summed E-state index contributed by atoms with van der Waals surface area (Å²) < 4.78 is 9.96. The lowest BCUT2D eigenvalue weighted by atomic mass is 10.1. The highest BCUT2D eigenvalue weighted by Crippen LogP contribution is 2.14. The molecule has 0 bridgehead atoms. The highest BCUT2D eigenvalue weighted by atomic mass is 16.5. The molecular formula is C22H24N2O5. The van der Waals surface area contributed by atoms with Crippen molar-refractivity contribution in [1.29, 1.82) is 0 Å². The van der Waals surface area contributed by atoms with E-state index in [9.17, 15) is 14.4 Å². The molecule has 0 aliphatic rings. The number of rotatable bonds is 9. The molecule has 0 saturated heterocycles. The SMILES string of the molecule is CCOC(=O)CCNC(=O)/C(=C/c1ccc(OC)cc1)NC(=O)c1ccccc1. The summed E-state index contributed by atoms with van der Waals surface area (Å²) >= 11 is 0. The summed E-state index contributed by atoms with van der Waals surface area (Å²) in [5.41, 5.74) is 1.19. The Labute approximate surface area is 169 Å². The van der Waals surface area contributed by atoms with Crippen LogP contribution in [-0.2, 0) is 14.3 Å². The molecule has 0 fully saturated rings. The van der Waals surface area contributed by atoms with Gasteiger partial charge in [-0.2, -0.15) is 0 Å². The fourth-order valence-electron chi connectivity index (χ4n) is 2.42. The predicted molar refractivity (Wildman–Crippen MR) is 109 cm³/mol. The number of methoxy groups -OCH3 is 1. The smallest absolute Gasteiger partial charge is 0.307 e. The van der Waals surface area contributed by atoms with Crippen LogP contribution in [0.5, 0.6) is 5.75 Å². The topological polar surface area (TPSA) is 93.7 Å². The number of benzene rings is 2. The lowest BCUT2D eigenvalue weighted by molar-refractivity contribution is -0.143. The minimum absolute atomic E-state index is 0.0437. The van der Waals surface area contributed by atoms with Crippen molar-refractivity contribution in [2.24, 2.45) is 0 Å². The molecule has 2 N–H and O–H groups in total. The van der Waals surface area contributed by atoms with Gasteiger partial charge in [-0.3, -0.25) is 14.4 Å². The molecule has 0 saturated carbocycles. The van der Waals surface area contributed by atoms with Crippen LogP contribution in [-0.4, -0.2) is 38.0 Å². The average molecular weight is 396 g/mol. The Bertz CT molecular complexity index is 861. The van der Waals surface area contributed by atoms with E-state index in [2.05, 4.69) is 10.6 Å². The van der Waals surface area contributed by atoms with Gasteiger partial charge in [-0.1, -0.05) is 30.3 Å². The molecule has 7 heteroatoms. The first-order chi connectivity index (χ1) is 14.0. The molecule has 0 aliphatic heterocycles. The van der Waals surface area contributed by atoms with E-state index >= 15 is 0 Å². The number of esters is 1. The Hall–Kier alpha value is -3.61. The third-order valence-corrected chi connectivity index (χ3v) is 3.88. The maximum atomic E-state index is 12.6. The Morgan fingerprint density at radius 2 is 1.69 bits per heavy atom. The first-order valence-electron chi connectivity index (χ1n) is 9.19. The Balaban J connectivity index is 2.15. The molecule has 0 aromatic heterocycles. The number of nitrogens with one attached hydrogen (secondary N) is 2. The number of ether oxygens (including phenoxy) is 2. The van der Waals surface area contributed by atoms with Gasteiger partial charge < -0.3 is 20.1 Å². The molecule has 2 aromatic carbocycles. The first-order valence-corrected chi connectivity index (χ1v) is 9.19. The van der Waals surface area contributed by atoms with Crippen molar-refractivity contribution < 1.29 is 23.9 Å². The molecule has 29 heavy (non-hydrogen) atoms.